The van der Waals surface area contributed by atoms with Crippen LogP contribution in [0, 0.1) is 5.92 Å². The molecule has 0 amide bonds. The number of fused-ring (bicyclic) bond motifs is 1. The van der Waals surface area contributed by atoms with Crippen LogP contribution in [0.1, 0.15) is 39.5 Å². The summed E-state index contributed by atoms with van der Waals surface area (Å²) >= 11 is 0. The second-order valence-corrected chi connectivity index (χ2v) is 3.88. The van der Waals surface area contributed by atoms with Gasteiger partial charge in [0.05, 0.1) is 0 Å². The fourth-order valence-corrected chi connectivity index (χ4v) is 2.64. The molecule has 1 saturated carbocycles. The van der Waals surface area contributed by atoms with E-state index in [1.165, 1.54) is 38.6 Å². The van der Waals surface area contributed by atoms with Gasteiger partial charge >= 0.3 is 0 Å². The molecule has 1 nitrogen and oxygen atoms in total. The van der Waals surface area contributed by atoms with Gasteiger partial charge in [-0.05, 0) is 38.8 Å². The van der Waals surface area contributed by atoms with E-state index >= 15 is 0 Å². The molecule has 0 aromatic rings. The van der Waals surface area contributed by atoms with Crippen LogP contribution in [0.3, 0.4) is 0 Å². The van der Waals surface area contributed by atoms with Gasteiger partial charge in [0.25, 0.3) is 0 Å². The molecule has 2 rings (SSSR count). The Morgan fingerprint density at radius 2 is 1.82 bits per heavy atom. The third-order valence-corrected chi connectivity index (χ3v) is 3.29. The minimum Gasteiger partial charge on any atom is -0.303 e. The van der Waals surface area contributed by atoms with Crippen molar-refractivity contribution >= 4 is 0 Å². The molecule has 1 heterocycles. The van der Waals surface area contributed by atoms with Crippen molar-refractivity contribution in [2.75, 3.05) is 13.6 Å². The van der Waals surface area contributed by atoms with Gasteiger partial charge in [-0.1, -0.05) is 20.3 Å². The predicted molar refractivity (Wildman–Crippen MR) is 49.7 cm³/mol. The van der Waals surface area contributed by atoms with Gasteiger partial charge in [0.15, 0.2) is 0 Å². The Kier molecular flexibility index (Phi) is 2.94. The Hall–Kier alpha value is -0.0400. The molecule has 0 spiro atoms. The summed E-state index contributed by atoms with van der Waals surface area (Å²) in [5.74, 6) is 1.07. The molecule has 1 saturated heterocycles. The molecule has 11 heavy (non-hydrogen) atoms. The maximum Gasteiger partial charge on any atom is 0.0121 e. The Labute approximate surface area is 70.8 Å². The second-order valence-electron chi connectivity index (χ2n) is 3.88. The van der Waals surface area contributed by atoms with Crippen LogP contribution in [0.5, 0.6) is 0 Å². The smallest absolute Gasteiger partial charge is 0.0121 e. The lowest BCUT2D eigenvalue weighted by atomic mass is 9.85. The summed E-state index contributed by atoms with van der Waals surface area (Å²) in [5, 5.41) is 0. The van der Waals surface area contributed by atoms with Crippen LogP contribution in [-0.4, -0.2) is 24.5 Å². The van der Waals surface area contributed by atoms with E-state index in [9.17, 15) is 0 Å². The zero-order valence-corrected chi connectivity index (χ0v) is 6.84. The molecule has 2 fully saturated rings. The largest absolute Gasteiger partial charge is 0.303 e. The highest BCUT2D eigenvalue weighted by Gasteiger charge is 2.32. The molecule has 0 radical (unpaired) electrons. The van der Waals surface area contributed by atoms with Gasteiger partial charge in [0, 0.05) is 6.04 Å². The number of hydrogen-bond donors (Lipinski definition) is 0. The van der Waals surface area contributed by atoms with E-state index in [0.29, 0.717) is 0 Å². The highest BCUT2D eigenvalue weighted by Crippen LogP contribution is 2.34. The predicted octanol–water partition coefficient (Wildman–Crippen LogP) is 2.52. The number of rotatable bonds is 0. The van der Waals surface area contributed by atoms with Crippen LogP contribution in [0.2, 0.25) is 0 Å². The van der Waals surface area contributed by atoms with Crippen molar-refractivity contribution in [3.05, 3.63) is 0 Å². The maximum absolute atomic E-state index is 2.56. The Morgan fingerprint density at radius 3 is 2.55 bits per heavy atom. The minimum atomic E-state index is 0. The SMILES string of the molecule is C.CN1CC[C@@H]2CCCC[C@@H]21. The van der Waals surface area contributed by atoms with E-state index in [2.05, 4.69) is 11.9 Å². The summed E-state index contributed by atoms with van der Waals surface area (Å²) in [4.78, 5) is 2.56. The monoisotopic (exact) mass is 155 g/mol. The average Bonchev–Trinajstić information content (AvgIpc) is 2.34. The first-order valence-electron chi connectivity index (χ1n) is 4.58. The molecular weight excluding hydrogens is 134 g/mol. The maximum atomic E-state index is 2.56. The Balaban J connectivity index is 0.000000605. The van der Waals surface area contributed by atoms with Crippen LogP contribution < -0.4 is 0 Å². The van der Waals surface area contributed by atoms with Gasteiger partial charge in [0.1, 0.15) is 0 Å². The summed E-state index contributed by atoms with van der Waals surface area (Å²) in [7, 11) is 2.29. The molecule has 66 valence electrons. The highest BCUT2D eigenvalue weighted by atomic mass is 15.2. The average molecular weight is 155 g/mol. The molecule has 2 atom stereocenters. The summed E-state index contributed by atoms with van der Waals surface area (Å²) in [6.07, 6.45) is 7.43. The number of likely N-dealkylation sites (tertiary alicyclic amines) is 1. The summed E-state index contributed by atoms with van der Waals surface area (Å²) in [5.41, 5.74) is 0. The van der Waals surface area contributed by atoms with Crippen molar-refractivity contribution in [3.63, 3.8) is 0 Å². The van der Waals surface area contributed by atoms with Crippen LogP contribution in [0.25, 0.3) is 0 Å². The van der Waals surface area contributed by atoms with Crippen LogP contribution in [-0.2, 0) is 0 Å². The van der Waals surface area contributed by atoms with Crippen molar-refractivity contribution in [1.82, 2.24) is 4.90 Å². The fourth-order valence-electron chi connectivity index (χ4n) is 2.64. The summed E-state index contributed by atoms with van der Waals surface area (Å²) in [6.45, 7) is 1.36. The lowest BCUT2D eigenvalue weighted by Crippen LogP contribution is -2.31. The molecule has 0 unspecified atom stereocenters. The summed E-state index contributed by atoms with van der Waals surface area (Å²) < 4.78 is 0. The molecule has 0 N–H and O–H groups in total. The lowest BCUT2D eigenvalue weighted by Gasteiger charge is -2.28. The Bertz CT molecular complexity index is 120. The van der Waals surface area contributed by atoms with Crippen LogP contribution in [0.15, 0.2) is 0 Å². The van der Waals surface area contributed by atoms with E-state index in [4.69, 9.17) is 0 Å². The zero-order chi connectivity index (χ0) is 6.97. The molecule has 1 aliphatic heterocycles. The molecule has 0 aromatic heterocycles. The number of hydrogen-bond acceptors (Lipinski definition) is 1. The van der Waals surface area contributed by atoms with Crippen molar-refractivity contribution < 1.29 is 0 Å². The van der Waals surface area contributed by atoms with Crippen molar-refractivity contribution in [1.29, 1.82) is 0 Å². The lowest BCUT2D eigenvalue weighted by molar-refractivity contribution is 0.215. The molecule has 0 aromatic carbocycles. The van der Waals surface area contributed by atoms with Gasteiger partial charge in [-0.15, -0.1) is 0 Å². The van der Waals surface area contributed by atoms with Gasteiger partial charge in [-0.3, -0.25) is 0 Å². The molecule has 2 aliphatic rings. The van der Waals surface area contributed by atoms with Crippen molar-refractivity contribution in [3.8, 4) is 0 Å². The minimum absolute atomic E-state index is 0. The number of nitrogens with zero attached hydrogens (tertiary/aromatic N) is 1. The molecule has 0 bridgehead atoms. The van der Waals surface area contributed by atoms with E-state index in [0.717, 1.165) is 12.0 Å². The standard InChI is InChI=1S/C9H17N.CH4/c1-10-7-6-8-4-2-3-5-9(8)10;/h8-9H,2-7H2,1H3;1H4/t8-,9-;/m0./s1. The zero-order valence-electron chi connectivity index (χ0n) is 6.84. The van der Waals surface area contributed by atoms with E-state index in [1.807, 2.05) is 0 Å². The molecule has 1 heteroatoms. The molecular formula is C10H21N. The highest BCUT2D eigenvalue weighted by molar-refractivity contribution is 4.87. The molecule has 1 aliphatic carbocycles. The van der Waals surface area contributed by atoms with E-state index < -0.39 is 0 Å². The van der Waals surface area contributed by atoms with E-state index in [1.54, 1.807) is 0 Å². The Morgan fingerprint density at radius 1 is 1.09 bits per heavy atom. The topological polar surface area (TPSA) is 3.24 Å². The van der Waals surface area contributed by atoms with Gasteiger partial charge in [-0.25, -0.2) is 0 Å². The first-order chi connectivity index (χ1) is 4.88. The first-order valence-corrected chi connectivity index (χ1v) is 4.58. The second kappa shape index (κ2) is 3.57. The normalized spacial score (nSPS) is 37.9. The van der Waals surface area contributed by atoms with Crippen molar-refractivity contribution in [2.24, 2.45) is 5.92 Å². The van der Waals surface area contributed by atoms with Crippen LogP contribution >= 0.6 is 0 Å². The third-order valence-electron chi connectivity index (χ3n) is 3.29. The third kappa shape index (κ3) is 1.58. The van der Waals surface area contributed by atoms with Crippen LogP contribution in [0.4, 0.5) is 0 Å². The quantitative estimate of drug-likeness (QED) is 0.519. The van der Waals surface area contributed by atoms with Gasteiger partial charge < -0.3 is 4.90 Å². The summed E-state index contributed by atoms with van der Waals surface area (Å²) in [6, 6.07) is 0.966. The first kappa shape index (κ1) is 9.05. The fraction of sp³-hybridized carbons (Fsp3) is 1.00. The van der Waals surface area contributed by atoms with Gasteiger partial charge in [0.2, 0.25) is 0 Å². The van der Waals surface area contributed by atoms with Gasteiger partial charge in [-0.2, -0.15) is 0 Å². The van der Waals surface area contributed by atoms with Crippen molar-refractivity contribution in [2.45, 2.75) is 45.6 Å². The van der Waals surface area contributed by atoms with E-state index in [-0.39, 0.29) is 7.43 Å².